The predicted molar refractivity (Wildman–Crippen MR) is 257 cm³/mol. The topological polar surface area (TPSA) is 180 Å². The summed E-state index contributed by atoms with van der Waals surface area (Å²) in [6, 6.07) is 19.8. The fourth-order valence-electron chi connectivity index (χ4n) is 11.2. The van der Waals surface area contributed by atoms with Crippen LogP contribution in [0.2, 0.25) is 10.0 Å². The molecule has 68 heavy (non-hydrogen) atoms. The molecule has 20 heteroatoms. The second kappa shape index (κ2) is 19.5. The van der Waals surface area contributed by atoms with Gasteiger partial charge in [-0.25, -0.2) is 9.36 Å². The van der Waals surface area contributed by atoms with Crippen molar-refractivity contribution in [2.45, 2.75) is 88.7 Å². The summed E-state index contributed by atoms with van der Waals surface area (Å²) < 4.78 is 27.0. The monoisotopic (exact) mass is 962 g/mol. The molecule has 2 saturated heterocycles. The van der Waals surface area contributed by atoms with Crippen LogP contribution in [0.5, 0.6) is 23.3 Å². The number of piperidine rings is 2. The maximum absolute atomic E-state index is 6.32. The zero-order valence-corrected chi connectivity index (χ0v) is 39.7. The van der Waals surface area contributed by atoms with Gasteiger partial charge in [0.15, 0.2) is 23.9 Å². The number of nitrogens with one attached hydrogen (secondary N) is 2. The first kappa shape index (κ1) is 44.4. The van der Waals surface area contributed by atoms with Crippen LogP contribution in [0, 0.1) is 23.7 Å². The smallest absolute Gasteiger partial charge is 0.242 e. The maximum atomic E-state index is 6.32. The number of rotatable bonds is 12. The molecule has 356 valence electrons. The highest BCUT2D eigenvalue weighted by atomic mass is 35.5. The lowest BCUT2D eigenvalue weighted by Crippen LogP contribution is -2.48. The molecule has 0 amide bonds. The maximum Gasteiger partial charge on any atom is 0.242 e. The molecule has 8 heterocycles. The number of hydrogen-bond acceptors (Lipinski definition) is 16. The van der Waals surface area contributed by atoms with Gasteiger partial charge in [0, 0.05) is 63.5 Å². The van der Waals surface area contributed by atoms with E-state index in [-0.39, 0.29) is 12.2 Å². The summed E-state index contributed by atoms with van der Waals surface area (Å²) in [6.07, 6.45) is 11.9. The first-order valence-electron chi connectivity index (χ1n) is 23.8. The Bertz CT molecular complexity index is 2500. The highest BCUT2D eigenvalue weighted by Crippen LogP contribution is 2.43. The van der Waals surface area contributed by atoms with Crippen molar-refractivity contribution in [2.24, 2.45) is 23.7 Å². The lowest BCUT2D eigenvalue weighted by atomic mass is 9.92. The SMILES string of the molecule is COc1cc(N2C[C@H]3CC[C@@H](C2)C3Nc2nc3n(n2)CCC[C@@H]3Oc2ccccc2Cl)cnn1.COc1cc(N2C[C@H]3CC[C@@H](C2)C3Nc2nc3n(n2)CCC[C@H]3Oc2ccccc2Cl)cnn1. The number of para-hydroxylation sites is 2. The number of nitrogens with zero attached hydrogens (tertiary/aromatic N) is 12. The lowest BCUT2D eigenvalue weighted by Gasteiger charge is -2.39. The van der Waals surface area contributed by atoms with Gasteiger partial charge in [0.05, 0.1) is 48.0 Å². The molecule has 6 aromatic rings. The molecule has 2 N–H and O–H groups in total. The molecule has 0 radical (unpaired) electrons. The Balaban J connectivity index is 0.000000149. The molecule has 6 aliphatic rings. The number of aromatic nitrogens is 10. The number of fused-ring (bicyclic) bond motifs is 6. The first-order chi connectivity index (χ1) is 33.3. The van der Waals surface area contributed by atoms with E-state index in [1.165, 1.54) is 25.7 Å². The summed E-state index contributed by atoms with van der Waals surface area (Å²) >= 11 is 12.6. The van der Waals surface area contributed by atoms with Crippen molar-refractivity contribution in [2.75, 3.05) is 60.8 Å². The van der Waals surface area contributed by atoms with Crippen LogP contribution in [0.4, 0.5) is 23.3 Å². The van der Waals surface area contributed by atoms with E-state index in [9.17, 15) is 0 Å². The summed E-state index contributed by atoms with van der Waals surface area (Å²) in [5.74, 6) is 7.70. The molecule has 2 saturated carbocycles. The van der Waals surface area contributed by atoms with E-state index >= 15 is 0 Å². The van der Waals surface area contributed by atoms with Gasteiger partial charge in [-0.05, 0) is 99.3 Å². The normalized spacial score (nSPS) is 25.6. The number of anilines is 4. The Labute approximate surface area is 405 Å². The average molecular weight is 964 g/mol. The van der Waals surface area contributed by atoms with Crippen LogP contribution in [0.3, 0.4) is 0 Å². The number of halogens is 2. The molecule has 4 aliphatic heterocycles. The van der Waals surface area contributed by atoms with E-state index in [1.54, 1.807) is 14.2 Å². The van der Waals surface area contributed by atoms with Crippen molar-refractivity contribution in [3.05, 3.63) is 94.8 Å². The van der Waals surface area contributed by atoms with Crippen molar-refractivity contribution in [3.63, 3.8) is 0 Å². The molecule has 0 spiro atoms. The fraction of sp³-hybridized carbons (Fsp3) is 0.500. The Morgan fingerprint density at radius 2 is 0.971 bits per heavy atom. The standard InChI is InChI=1S/2C24H28ClN7O2/c2*1-33-21-11-17(12-26-29-21)31-13-15-8-9-16(14-31)22(15)27-24-28-23-20(7-4-10-32(23)30-24)34-19-6-3-2-5-18(19)25/h2*2-3,5-6,11-12,15-16,20,22H,4,7-10,13-14H2,1H3,(H,27,30)/t2*15-,16+,20-,22?/m10/s1. The molecule has 4 fully saturated rings. The average Bonchev–Trinajstić information content (AvgIpc) is 4.09. The van der Waals surface area contributed by atoms with Gasteiger partial charge in [-0.3, -0.25) is 0 Å². The minimum Gasteiger partial charge on any atom is -0.481 e. The van der Waals surface area contributed by atoms with Gasteiger partial charge in [-0.2, -0.15) is 20.2 Å². The summed E-state index contributed by atoms with van der Waals surface area (Å²) in [5, 5.41) is 34.4. The van der Waals surface area contributed by atoms with E-state index in [1.807, 2.05) is 82.4 Å². The molecule has 18 nitrogen and oxygen atoms in total. The van der Waals surface area contributed by atoms with Gasteiger partial charge in [0.1, 0.15) is 11.5 Å². The van der Waals surface area contributed by atoms with Crippen molar-refractivity contribution >= 4 is 46.5 Å². The fourth-order valence-corrected chi connectivity index (χ4v) is 11.6. The van der Waals surface area contributed by atoms with Gasteiger partial charge < -0.3 is 39.4 Å². The zero-order chi connectivity index (χ0) is 46.1. The number of aryl methyl sites for hydroxylation is 2. The Kier molecular flexibility index (Phi) is 12.7. The molecule has 12 rings (SSSR count). The van der Waals surface area contributed by atoms with Gasteiger partial charge in [-0.15, -0.1) is 20.4 Å². The first-order valence-corrected chi connectivity index (χ1v) is 24.6. The highest BCUT2D eigenvalue weighted by Gasteiger charge is 2.44. The third kappa shape index (κ3) is 9.23. The van der Waals surface area contributed by atoms with Gasteiger partial charge in [0.25, 0.3) is 0 Å². The van der Waals surface area contributed by atoms with E-state index in [0.29, 0.717) is 81.0 Å². The van der Waals surface area contributed by atoms with E-state index < -0.39 is 0 Å². The van der Waals surface area contributed by atoms with E-state index in [0.717, 1.165) is 88.0 Å². The number of ether oxygens (including phenoxy) is 4. The van der Waals surface area contributed by atoms with Crippen LogP contribution in [0.1, 0.15) is 75.2 Å². The minimum absolute atomic E-state index is 0.149. The van der Waals surface area contributed by atoms with Crippen molar-refractivity contribution in [1.82, 2.24) is 49.9 Å². The second-order valence-corrected chi connectivity index (χ2v) is 19.5. The van der Waals surface area contributed by atoms with E-state index in [2.05, 4.69) is 40.8 Å². The van der Waals surface area contributed by atoms with Gasteiger partial charge in [-0.1, -0.05) is 47.5 Å². The largest absolute Gasteiger partial charge is 0.481 e. The number of hydrogen-bond donors (Lipinski definition) is 2. The molecule has 2 aromatic carbocycles. The summed E-state index contributed by atoms with van der Waals surface area (Å²) in [5.41, 5.74) is 2.13. The van der Waals surface area contributed by atoms with Crippen LogP contribution in [-0.4, -0.2) is 102 Å². The minimum atomic E-state index is -0.149. The third-order valence-electron chi connectivity index (χ3n) is 14.5. The highest BCUT2D eigenvalue weighted by molar-refractivity contribution is 6.32. The molecule has 4 bridgehead atoms. The molecular formula is C48H56Cl2N14O4. The van der Waals surface area contributed by atoms with Crippen LogP contribution in [-0.2, 0) is 13.1 Å². The number of methoxy groups -OCH3 is 2. The Hall–Kier alpha value is -6.14. The molecule has 2 aliphatic carbocycles. The Morgan fingerprint density at radius 1 is 0.559 bits per heavy atom. The van der Waals surface area contributed by atoms with Crippen molar-refractivity contribution < 1.29 is 18.9 Å². The lowest BCUT2D eigenvalue weighted by molar-refractivity contribution is 0.155. The Morgan fingerprint density at radius 3 is 1.37 bits per heavy atom. The molecule has 8 atom stereocenters. The third-order valence-corrected chi connectivity index (χ3v) is 15.1. The summed E-state index contributed by atoms with van der Waals surface area (Å²) in [7, 11) is 3.24. The van der Waals surface area contributed by atoms with Gasteiger partial charge >= 0.3 is 0 Å². The quantitative estimate of drug-likeness (QED) is 0.121. The predicted octanol–water partition coefficient (Wildman–Crippen LogP) is 7.94. The van der Waals surface area contributed by atoms with Crippen LogP contribution in [0.15, 0.2) is 73.1 Å². The van der Waals surface area contributed by atoms with Crippen LogP contribution >= 0.6 is 23.2 Å². The number of benzene rings is 2. The van der Waals surface area contributed by atoms with Crippen LogP contribution in [0.25, 0.3) is 0 Å². The zero-order valence-electron chi connectivity index (χ0n) is 38.2. The van der Waals surface area contributed by atoms with Crippen molar-refractivity contribution in [3.8, 4) is 23.3 Å². The van der Waals surface area contributed by atoms with Gasteiger partial charge in [0.2, 0.25) is 23.7 Å². The second-order valence-electron chi connectivity index (χ2n) is 18.6. The molecular weight excluding hydrogens is 908 g/mol. The van der Waals surface area contributed by atoms with Crippen molar-refractivity contribution in [1.29, 1.82) is 0 Å². The van der Waals surface area contributed by atoms with Crippen LogP contribution < -0.4 is 39.4 Å². The summed E-state index contributed by atoms with van der Waals surface area (Å²) in [6.45, 7) is 5.58. The molecule has 2 unspecified atom stereocenters. The summed E-state index contributed by atoms with van der Waals surface area (Å²) in [4.78, 5) is 14.5. The molecule has 4 aromatic heterocycles. The van der Waals surface area contributed by atoms with E-state index in [4.69, 9.17) is 62.3 Å².